The summed E-state index contributed by atoms with van der Waals surface area (Å²) in [4.78, 5) is 25.5. The molecule has 0 amide bonds. The highest BCUT2D eigenvalue weighted by Crippen LogP contribution is 1.99. The van der Waals surface area contributed by atoms with Crippen molar-refractivity contribution in [2.75, 3.05) is 45.9 Å². The Labute approximate surface area is 160 Å². The van der Waals surface area contributed by atoms with Gasteiger partial charge in [-0.25, -0.2) is 0 Å². The molecule has 0 heterocycles. The van der Waals surface area contributed by atoms with Gasteiger partial charge in [-0.15, -0.1) is 0 Å². The number of hydrogen-bond donors (Lipinski definition) is 1. The predicted molar refractivity (Wildman–Crippen MR) is 105 cm³/mol. The van der Waals surface area contributed by atoms with Crippen LogP contribution in [0.4, 0.5) is 0 Å². The van der Waals surface area contributed by atoms with Crippen molar-refractivity contribution in [2.24, 2.45) is 0 Å². The van der Waals surface area contributed by atoms with Crippen LogP contribution in [0.2, 0.25) is 0 Å². The van der Waals surface area contributed by atoms with Crippen LogP contribution < -0.4 is 5.32 Å². The summed E-state index contributed by atoms with van der Waals surface area (Å²) in [6.45, 7) is 11.4. The average Bonchev–Trinajstić information content (AvgIpc) is 2.63. The molecule has 0 aliphatic heterocycles. The van der Waals surface area contributed by atoms with Crippen molar-refractivity contribution in [1.29, 1.82) is 0 Å². The van der Waals surface area contributed by atoms with Gasteiger partial charge in [-0.3, -0.25) is 9.59 Å². The highest BCUT2D eigenvalue weighted by Gasteiger charge is 2.09. The van der Waals surface area contributed by atoms with E-state index in [9.17, 15) is 9.59 Å². The van der Waals surface area contributed by atoms with Crippen molar-refractivity contribution in [2.45, 2.75) is 72.1 Å². The molecule has 0 spiro atoms. The third kappa shape index (κ3) is 16.3. The molecular weight excluding hydrogens is 332 g/mol. The van der Waals surface area contributed by atoms with Crippen LogP contribution in [0.3, 0.4) is 0 Å². The zero-order chi connectivity index (χ0) is 19.5. The van der Waals surface area contributed by atoms with Crippen molar-refractivity contribution in [1.82, 2.24) is 10.2 Å². The monoisotopic (exact) mass is 372 g/mol. The molecule has 0 unspecified atom stereocenters. The van der Waals surface area contributed by atoms with Crippen LogP contribution in [-0.2, 0) is 19.1 Å². The third-order valence-corrected chi connectivity index (χ3v) is 4.09. The van der Waals surface area contributed by atoms with Gasteiger partial charge in [-0.1, -0.05) is 40.0 Å². The number of nitrogens with zero attached hydrogens (tertiary/aromatic N) is 1. The maximum absolute atomic E-state index is 11.7. The Hall–Kier alpha value is -1.14. The molecule has 0 aliphatic carbocycles. The lowest BCUT2D eigenvalue weighted by atomic mass is 10.3. The molecule has 0 atom stereocenters. The maximum atomic E-state index is 11.7. The molecule has 0 aromatic rings. The Balaban J connectivity index is 3.85. The quantitative estimate of drug-likeness (QED) is 0.294. The number of rotatable bonds is 18. The fourth-order valence-electron chi connectivity index (χ4n) is 2.32. The second-order valence-electron chi connectivity index (χ2n) is 6.59. The molecule has 0 aromatic heterocycles. The van der Waals surface area contributed by atoms with Crippen molar-refractivity contribution < 1.29 is 19.1 Å². The van der Waals surface area contributed by atoms with Crippen LogP contribution in [0.1, 0.15) is 72.1 Å². The number of carbonyl (C=O) groups excluding carboxylic acids is 2. The summed E-state index contributed by atoms with van der Waals surface area (Å²) < 4.78 is 10.3. The Morgan fingerprint density at radius 3 is 1.88 bits per heavy atom. The number of hydrogen-bond acceptors (Lipinski definition) is 6. The lowest BCUT2D eigenvalue weighted by Crippen LogP contribution is -2.35. The van der Waals surface area contributed by atoms with Gasteiger partial charge in [0.1, 0.15) is 0 Å². The van der Waals surface area contributed by atoms with Gasteiger partial charge >= 0.3 is 11.9 Å². The molecule has 0 saturated carbocycles. The van der Waals surface area contributed by atoms with E-state index in [1.165, 1.54) is 0 Å². The standard InChI is InChI=1S/C20H40N2O4/c1-4-7-14-22(15-11-20(24)26-18-9-6-3)16-13-21-12-10-19(23)25-17-8-5-2/h21H,4-18H2,1-3H3. The molecule has 6 heteroatoms. The van der Waals surface area contributed by atoms with E-state index in [4.69, 9.17) is 9.47 Å². The molecule has 0 rings (SSSR count). The van der Waals surface area contributed by atoms with Crippen LogP contribution in [0.15, 0.2) is 0 Å². The maximum Gasteiger partial charge on any atom is 0.307 e. The fourth-order valence-corrected chi connectivity index (χ4v) is 2.32. The molecule has 0 aromatic carbocycles. The molecule has 1 N–H and O–H groups in total. The molecule has 0 bridgehead atoms. The van der Waals surface area contributed by atoms with Crippen molar-refractivity contribution >= 4 is 11.9 Å². The number of esters is 2. The molecule has 6 nitrogen and oxygen atoms in total. The van der Waals surface area contributed by atoms with Gasteiger partial charge in [0.15, 0.2) is 0 Å². The highest BCUT2D eigenvalue weighted by molar-refractivity contribution is 5.69. The van der Waals surface area contributed by atoms with E-state index in [0.29, 0.717) is 32.6 Å². The van der Waals surface area contributed by atoms with Crippen LogP contribution >= 0.6 is 0 Å². The minimum absolute atomic E-state index is 0.109. The first-order chi connectivity index (χ1) is 12.6. The first kappa shape index (κ1) is 24.9. The van der Waals surface area contributed by atoms with Crippen molar-refractivity contribution in [3.8, 4) is 0 Å². The van der Waals surface area contributed by atoms with Gasteiger partial charge in [0, 0.05) is 26.2 Å². The first-order valence-electron chi connectivity index (χ1n) is 10.4. The summed E-state index contributed by atoms with van der Waals surface area (Å²) >= 11 is 0. The molecule has 0 saturated heterocycles. The summed E-state index contributed by atoms with van der Waals surface area (Å²) in [5.41, 5.74) is 0. The van der Waals surface area contributed by atoms with E-state index >= 15 is 0 Å². The number of ether oxygens (including phenoxy) is 2. The average molecular weight is 373 g/mol. The van der Waals surface area contributed by atoms with E-state index in [-0.39, 0.29) is 11.9 Å². The highest BCUT2D eigenvalue weighted by atomic mass is 16.5. The summed E-state index contributed by atoms with van der Waals surface area (Å²) in [6.07, 6.45) is 7.02. The van der Waals surface area contributed by atoms with E-state index in [2.05, 4.69) is 31.0 Å². The number of nitrogens with one attached hydrogen (secondary N) is 1. The van der Waals surface area contributed by atoms with Gasteiger partial charge in [-0.05, 0) is 25.8 Å². The minimum Gasteiger partial charge on any atom is -0.466 e. The largest absolute Gasteiger partial charge is 0.466 e. The molecule has 0 radical (unpaired) electrons. The smallest absolute Gasteiger partial charge is 0.307 e. The van der Waals surface area contributed by atoms with Crippen LogP contribution in [0.25, 0.3) is 0 Å². The van der Waals surface area contributed by atoms with E-state index in [0.717, 1.165) is 64.7 Å². The van der Waals surface area contributed by atoms with Gasteiger partial charge in [0.25, 0.3) is 0 Å². The summed E-state index contributed by atoms with van der Waals surface area (Å²) in [5.74, 6) is -0.244. The Morgan fingerprint density at radius 2 is 1.31 bits per heavy atom. The van der Waals surface area contributed by atoms with Gasteiger partial charge in [0.2, 0.25) is 0 Å². The second-order valence-corrected chi connectivity index (χ2v) is 6.59. The zero-order valence-electron chi connectivity index (χ0n) is 17.2. The first-order valence-corrected chi connectivity index (χ1v) is 10.4. The normalized spacial score (nSPS) is 10.9. The Kier molecular flexibility index (Phi) is 17.8. The summed E-state index contributed by atoms with van der Waals surface area (Å²) in [7, 11) is 0. The SMILES string of the molecule is CCCCOC(=O)CCNCCN(CCCC)CCC(=O)OCCCC. The second kappa shape index (κ2) is 18.6. The molecular formula is C20H40N2O4. The predicted octanol–water partition coefficient (Wildman–Crippen LogP) is 3.14. The molecule has 26 heavy (non-hydrogen) atoms. The molecule has 154 valence electrons. The summed E-state index contributed by atoms with van der Waals surface area (Å²) in [5, 5.41) is 3.28. The Morgan fingerprint density at radius 1 is 0.731 bits per heavy atom. The zero-order valence-corrected chi connectivity index (χ0v) is 17.2. The van der Waals surface area contributed by atoms with Gasteiger partial charge in [-0.2, -0.15) is 0 Å². The minimum atomic E-state index is -0.136. The van der Waals surface area contributed by atoms with Gasteiger partial charge in [0.05, 0.1) is 26.1 Å². The number of carbonyl (C=O) groups is 2. The lowest BCUT2D eigenvalue weighted by Gasteiger charge is -2.22. The van der Waals surface area contributed by atoms with Crippen molar-refractivity contribution in [3.63, 3.8) is 0 Å². The summed E-state index contributed by atoms with van der Waals surface area (Å²) in [6, 6.07) is 0. The molecule has 0 aliphatic rings. The molecule has 0 fully saturated rings. The third-order valence-electron chi connectivity index (χ3n) is 4.09. The van der Waals surface area contributed by atoms with Gasteiger partial charge < -0.3 is 19.7 Å². The van der Waals surface area contributed by atoms with Crippen LogP contribution in [-0.4, -0.2) is 62.8 Å². The lowest BCUT2D eigenvalue weighted by molar-refractivity contribution is -0.144. The Bertz CT molecular complexity index is 351. The van der Waals surface area contributed by atoms with E-state index in [1.807, 2.05) is 0 Å². The van der Waals surface area contributed by atoms with Crippen LogP contribution in [0, 0.1) is 0 Å². The van der Waals surface area contributed by atoms with E-state index in [1.54, 1.807) is 0 Å². The van der Waals surface area contributed by atoms with Crippen molar-refractivity contribution in [3.05, 3.63) is 0 Å². The van der Waals surface area contributed by atoms with E-state index < -0.39 is 0 Å². The fraction of sp³-hybridized carbons (Fsp3) is 0.900. The van der Waals surface area contributed by atoms with Crippen LogP contribution in [0.5, 0.6) is 0 Å². The topological polar surface area (TPSA) is 67.9 Å². The number of unbranched alkanes of at least 4 members (excludes halogenated alkanes) is 3.